The minimum atomic E-state index is -4.45. The average Bonchev–Trinajstić information content (AvgIpc) is 3.15. The Morgan fingerprint density at radius 3 is 2.68 bits per heavy atom. The van der Waals surface area contributed by atoms with Crippen molar-refractivity contribution in [3.05, 3.63) is 71.4 Å². The van der Waals surface area contributed by atoms with E-state index in [-0.39, 0.29) is 24.2 Å². The van der Waals surface area contributed by atoms with Crippen LogP contribution in [0.3, 0.4) is 0 Å². The molecular formula is C23H19F3N2O3. The molecule has 1 atom stereocenters. The van der Waals surface area contributed by atoms with Crippen molar-refractivity contribution >= 4 is 16.8 Å². The van der Waals surface area contributed by atoms with E-state index in [4.69, 9.17) is 9.47 Å². The average molecular weight is 428 g/mol. The molecule has 3 aromatic rings. The highest BCUT2D eigenvalue weighted by atomic mass is 19.4. The second kappa shape index (κ2) is 7.53. The molecule has 2 aliphatic rings. The maximum Gasteiger partial charge on any atom is 0.416 e. The summed E-state index contributed by atoms with van der Waals surface area (Å²) in [5, 5.41) is 0.846. The quantitative estimate of drug-likeness (QED) is 0.615. The number of alkyl halides is 3. The second-order valence-corrected chi connectivity index (χ2v) is 7.85. The zero-order chi connectivity index (χ0) is 21.6. The summed E-state index contributed by atoms with van der Waals surface area (Å²) >= 11 is 0. The molecule has 1 unspecified atom stereocenters. The molecule has 8 heteroatoms. The largest absolute Gasteiger partial charge is 0.491 e. The minimum absolute atomic E-state index is 0.116. The van der Waals surface area contributed by atoms with Crippen molar-refractivity contribution in [2.45, 2.75) is 12.2 Å². The highest BCUT2D eigenvalue weighted by Gasteiger charge is 2.38. The SMILES string of the molecule is O=C(c1ccc2ncccc2c1)N(CC1COC1)C1COc2cc(C(F)(F)F)ccc21. The number of hydrogen-bond acceptors (Lipinski definition) is 4. The van der Waals surface area contributed by atoms with Gasteiger partial charge in [0.05, 0.1) is 30.3 Å². The number of carbonyl (C=O) groups is 1. The van der Waals surface area contributed by atoms with Gasteiger partial charge in [0.25, 0.3) is 5.91 Å². The van der Waals surface area contributed by atoms with E-state index in [1.54, 1.807) is 35.4 Å². The zero-order valence-corrected chi connectivity index (χ0v) is 16.4. The molecule has 5 nitrogen and oxygen atoms in total. The number of hydrogen-bond donors (Lipinski definition) is 0. The number of rotatable bonds is 4. The summed E-state index contributed by atoms with van der Waals surface area (Å²) in [5.41, 5.74) is 1.11. The predicted octanol–water partition coefficient (Wildman–Crippen LogP) is 4.48. The summed E-state index contributed by atoms with van der Waals surface area (Å²) in [6.07, 6.45) is -2.76. The number of halogens is 3. The first-order valence-electron chi connectivity index (χ1n) is 9.97. The van der Waals surface area contributed by atoms with Gasteiger partial charge in [-0.05, 0) is 36.4 Å². The first kappa shape index (κ1) is 19.8. The standard InChI is InChI=1S/C23H19F3N2O3/c24-23(25,26)17-4-5-18-20(13-31-21(18)9-17)28(10-14-11-30-12-14)22(29)16-3-6-19-15(8-16)2-1-7-27-19/h1-9,14,20H,10-13H2. The molecule has 1 aromatic heterocycles. The van der Waals surface area contributed by atoms with Crippen molar-refractivity contribution in [2.24, 2.45) is 5.92 Å². The normalized spacial score (nSPS) is 18.4. The first-order chi connectivity index (χ1) is 14.9. The second-order valence-electron chi connectivity index (χ2n) is 7.85. The number of amides is 1. The Balaban J connectivity index is 1.49. The first-order valence-corrected chi connectivity index (χ1v) is 9.97. The molecule has 0 saturated carbocycles. The number of carbonyl (C=O) groups excluding carboxylic acids is 1. The van der Waals surface area contributed by atoms with Gasteiger partial charge in [0.15, 0.2) is 0 Å². The topological polar surface area (TPSA) is 51.7 Å². The van der Waals surface area contributed by atoms with E-state index in [0.29, 0.717) is 30.9 Å². The van der Waals surface area contributed by atoms with Gasteiger partial charge >= 0.3 is 6.18 Å². The summed E-state index contributed by atoms with van der Waals surface area (Å²) in [5.74, 6) is 0.161. The van der Waals surface area contributed by atoms with Crippen LogP contribution >= 0.6 is 0 Å². The van der Waals surface area contributed by atoms with E-state index in [9.17, 15) is 18.0 Å². The lowest BCUT2D eigenvalue weighted by Gasteiger charge is -2.35. The van der Waals surface area contributed by atoms with Crippen LogP contribution < -0.4 is 4.74 Å². The third-order valence-electron chi connectivity index (χ3n) is 5.75. The van der Waals surface area contributed by atoms with Crippen molar-refractivity contribution in [3.8, 4) is 5.75 Å². The van der Waals surface area contributed by atoms with Crippen molar-refractivity contribution < 1.29 is 27.4 Å². The molecule has 0 N–H and O–H groups in total. The van der Waals surface area contributed by atoms with E-state index >= 15 is 0 Å². The Hall–Kier alpha value is -3.13. The number of fused-ring (bicyclic) bond motifs is 2. The number of ether oxygens (including phenoxy) is 2. The Labute approximate surface area is 176 Å². The van der Waals surface area contributed by atoms with Crippen LogP contribution in [-0.2, 0) is 10.9 Å². The fourth-order valence-corrected chi connectivity index (χ4v) is 4.02. The number of aromatic nitrogens is 1. The third kappa shape index (κ3) is 3.72. The maximum atomic E-state index is 13.5. The molecule has 0 radical (unpaired) electrons. The van der Waals surface area contributed by atoms with E-state index < -0.39 is 17.8 Å². The highest BCUT2D eigenvalue weighted by molar-refractivity contribution is 5.98. The molecule has 1 amide bonds. The monoisotopic (exact) mass is 428 g/mol. The number of nitrogens with zero attached hydrogens (tertiary/aromatic N) is 2. The van der Waals surface area contributed by atoms with Gasteiger partial charge < -0.3 is 14.4 Å². The third-order valence-corrected chi connectivity index (χ3v) is 5.75. The van der Waals surface area contributed by atoms with Gasteiger partial charge in [0, 0.05) is 35.2 Å². The Kier molecular flexibility index (Phi) is 4.81. The van der Waals surface area contributed by atoms with Gasteiger partial charge in [-0.1, -0.05) is 12.1 Å². The smallest absolute Gasteiger partial charge is 0.416 e. The molecule has 2 aliphatic heterocycles. The van der Waals surface area contributed by atoms with Gasteiger partial charge in [-0.15, -0.1) is 0 Å². The molecule has 3 heterocycles. The molecule has 0 aliphatic carbocycles. The fourth-order valence-electron chi connectivity index (χ4n) is 4.02. The number of benzene rings is 2. The van der Waals surface area contributed by atoms with Crippen molar-refractivity contribution in [3.63, 3.8) is 0 Å². The van der Waals surface area contributed by atoms with Gasteiger partial charge in [-0.3, -0.25) is 9.78 Å². The molecular weight excluding hydrogens is 409 g/mol. The summed E-state index contributed by atoms with van der Waals surface area (Å²) in [6, 6.07) is 12.0. The van der Waals surface area contributed by atoms with Crippen LogP contribution in [-0.4, -0.2) is 42.2 Å². The van der Waals surface area contributed by atoms with Crippen molar-refractivity contribution in [2.75, 3.05) is 26.4 Å². The Morgan fingerprint density at radius 2 is 1.94 bits per heavy atom. The minimum Gasteiger partial charge on any atom is -0.491 e. The summed E-state index contributed by atoms with van der Waals surface area (Å²) < 4.78 is 50.1. The van der Waals surface area contributed by atoms with Crippen molar-refractivity contribution in [1.82, 2.24) is 9.88 Å². The van der Waals surface area contributed by atoms with Crippen molar-refractivity contribution in [1.29, 1.82) is 0 Å². The predicted molar refractivity (Wildman–Crippen MR) is 107 cm³/mol. The molecule has 160 valence electrons. The van der Waals surface area contributed by atoms with Gasteiger partial charge in [-0.2, -0.15) is 13.2 Å². The van der Waals surface area contributed by atoms with E-state index in [2.05, 4.69) is 4.98 Å². The lowest BCUT2D eigenvalue weighted by Crippen LogP contribution is -2.44. The fraction of sp³-hybridized carbons (Fsp3) is 0.304. The molecule has 2 aromatic carbocycles. The molecule has 31 heavy (non-hydrogen) atoms. The highest BCUT2D eigenvalue weighted by Crippen LogP contribution is 2.41. The molecule has 1 saturated heterocycles. The van der Waals surface area contributed by atoms with Crippen LogP contribution in [0.1, 0.15) is 27.5 Å². The van der Waals surface area contributed by atoms with E-state index in [0.717, 1.165) is 23.0 Å². The van der Waals surface area contributed by atoms with Gasteiger partial charge in [-0.25, -0.2) is 0 Å². The molecule has 0 bridgehead atoms. The lowest BCUT2D eigenvalue weighted by molar-refractivity contribution is -0.137. The Morgan fingerprint density at radius 1 is 1.10 bits per heavy atom. The van der Waals surface area contributed by atoms with Crippen LogP contribution in [0, 0.1) is 5.92 Å². The zero-order valence-electron chi connectivity index (χ0n) is 16.4. The van der Waals surface area contributed by atoms with Crippen LogP contribution in [0.2, 0.25) is 0 Å². The molecule has 0 spiro atoms. The van der Waals surface area contributed by atoms with E-state index in [1.807, 2.05) is 6.07 Å². The Bertz CT molecular complexity index is 1140. The van der Waals surface area contributed by atoms with Crippen LogP contribution in [0.5, 0.6) is 5.75 Å². The van der Waals surface area contributed by atoms with Crippen LogP contribution in [0.4, 0.5) is 13.2 Å². The summed E-state index contributed by atoms with van der Waals surface area (Å²) in [6.45, 7) is 1.67. The van der Waals surface area contributed by atoms with Gasteiger partial charge in [0.1, 0.15) is 12.4 Å². The van der Waals surface area contributed by atoms with Gasteiger partial charge in [0.2, 0.25) is 0 Å². The lowest BCUT2D eigenvalue weighted by atomic mass is 10.00. The van der Waals surface area contributed by atoms with Crippen LogP contribution in [0.15, 0.2) is 54.7 Å². The van der Waals surface area contributed by atoms with E-state index in [1.165, 1.54) is 6.07 Å². The molecule has 1 fully saturated rings. The summed E-state index contributed by atoms with van der Waals surface area (Å²) in [4.78, 5) is 19.5. The maximum absolute atomic E-state index is 13.5. The number of pyridine rings is 1. The van der Waals surface area contributed by atoms with Crippen LogP contribution in [0.25, 0.3) is 10.9 Å². The summed E-state index contributed by atoms with van der Waals surface area (Å²) in [7, 11) is 0. The molecule has 5 rings (SSSR count).